The van der Waals surface area contributed by atoms with Crippen molar-refractivity contribution in [1.29, 1.82) is 0 Å². The normalized spacial score (nSPS) is 20.2. The second-order valence-electron chi connectivity index (χ2n) is 4.47. The van der Waals surface area contributed by atoms with Gasteiger partial charge in [0.15, 0.2) is 0 Å². The molecular weight excluding hydrogens is 266 g/mol. The molecule has 0 N–H and O–H groups in total. The number of carbonyl (C=O) groups is 1. The molecule has 0 bridgehead atoms. The van der Waals surface area contributed by atoms with Crippen molar-refractivity contribution in [3.63, 3.8) is 0 Å². The largest absolute Gasteiger partial charge is 0.336 e. The summed E-state index contributed by atoms with van der Waals surface area (Å²) in [4.78, 5) is 14.3. The number of hydrogen-bond acceptors (Lipinski definition) is 1. The van der Waals surface area contributed by atoms with Gasteiger partial charge in [-0.3, -0.25) is 4.79 Å². The van der Waals surface area contributed by atoms with Gasteiger partial charge in [0.2, 0.25) is 0 Å². The maximum absolute atomic E-state index is 12.3. The van der Waals surface area contributed by atoms with Crippen molar-refractivity contribution in [1.82, 2.24) is 4.90 Å². The number of benzene rings is 1. The van der Waals surface area contributed by atoms with E-state index in [-0.39, 0.29) is 5.91 Å². The molecule has 3 heteroatoms. The molecule has 1 atom stereocenters. The van der Waals surface area contributed by atoms with Gasteiger partial charge in [-0.1, -0.05) is 6.07 Å². The molecule has 0 saturated carbocycles. The number of halogens is 1. The van der Waals surface area contributed by atoms with Crippen LogP contribution >= 0.6 is 15.9 Å². The van der Waals surface area contributed by atoms with Crippen molar-refractivity contribution < 1.29 is 4.79 Å². The van der Waals surface area contributed by atoms with E-state index in [1.54, 1.807) is 0 Å². The topological polar surface area (TPSA) is 20.3 Å². The van der Waals surface area contributed by atoms with Crippen LogP contribution in [0.3, 0.4) is 0 Å². The van der Waals surface area contributed by atoms with Crippen LogP contribution in [0.4, 0.5) is 0 Å². The molecule has 0 radical (unpaired) electrons. The van der Waals surface area contributed by atoms with Gasteiger partial charge in [-0.05, 0) is 60.3 Å². The van der Waals surface area contributed by atoms with Crippen LogP contribution in [0.25, 0.3) is 0 Å². The number of nitrogens with zero attached hydrogens (tertiary/aromatic N) is 1. The van der Waals surface area contributed by atoms with Crippen LogP contribution in [0.15, 0.2) is 22.7 Å². The smallest absolute Gasteiger partial charge is 0.255 e. The first-order valence-electron chi connectivity index (χ1n) is 5.66. The predicted octanol–water partition coefficient (Wildman–Crippen LogP) is 3.38. The molecule has 86 valence electrons. The van der Waals surface area contributed by atoms with E-state index in [1.165, 1.54) is 0 Å². The van der Waals surface area contributed by atoms with Gasteiger partial charge in [0.25, 0.3) is 5.91 Å². The maximum Gasteiger partial charge on any atom is 0.255 e. The average molecular weight is 282 g/mol. The van der Waals surface area contributed by atoms with E-state index in [1.807, 2.05) is 30.0 Å². The fourth-order valence-electron chi connectivity index (χ4n) is 2.18. The Labute approximate surface area is 105 Å². The third kappa shape index (κ3) is 2.14. The Bertz CT molecular complexity index is 416. The van der Waals surface area contributed by atoms with Gasteiger partial charge in [0.05, 0.1) is 5.56 Å². The Morgan fingerprint density at radius 1 is 1.50 bits per heavy atom. The molecule has 1 amide bonds. The second-order valence-corrected chi connectivity index (χ2v) is 5.33. The Hall–Kier alpha value is -0.830. The summed E-state index contributed by atoms with van der Waals surface area (Å²) < 4.78 is 0.900. The SMILES string of the molecule is Cc1ccc(C(=O)N2CCCC2C)c(Br)c1. The summed E-state index contributed by atoms with van der Waals surface area (Å²) in [5, 5.41) is 0. The standard InChI is InChI=1S/C13H16BrNO/c1-9-5-6-11(12(14)8-9)13(16)15-7-3-4-10(15)2/h5-6,8,10H,3-4,7H2,1-2H3. The Morgan fingerprint density at radius 3 is 2.81 bits per heavy atom. The Kier molecular flexibility index (Phi) is 3.33. The van der Waals surface area contributed by atoms with Gasteiger partial charge < -0.3 is 4.90 Å². The van der Waals surface area contributed by atoms with Gasteiger partial charge in [-0.15, -0.1) is 0 Å². The summed E-state index contributed by atoms with van der Waals surface area (Å²) in [7, 11) is 0. The molecule has 1 aliphatic heterocycles. The molecule has 1 aromatic carbocycles. The van der Waals surface area contributed by atoms with E-state index < -0.39 is 0 Å². The number of amides is 1. The highest BCUT2D eigenvalue weighted by Gasteiger charge is 2.26. The Balaban J connectivity index is 2.27. The summed E-state index contributed by atoms with van der Waals surface area (Å²) in [6.07, 6.45) is 2.24. The zero-order valence-electron chi connectivity index (χ0n) is 9.66. The van der Waals surface area contributed by atoms with Crippen molar-refractivity contribution >= 4 is 21.8 Å². The molecule has 1 fully saturated rings. The van der Waals surface area contributed by atoms with Crippen LogP contribution in [-0.2, 0) is 0 Å². The van der Waals surface area contributed by atoms with Crippen molar-refractivity contribution in [2.24, 2.45) is 0 Å². The van der Waals surface area contributed by atoms with E-state index >= 15 is 0 Å². The van der Waals surface area contributed by atoms with Gasteiger partial charge in [0, 0.05) is 17.1 Å². The summed E-state index contributed by atoms with van der Waals surface area (Å²) in [5.41, 5.74) is 1.94. The van der Waals surface area contributed by atoms with E-state index in [9.17, 15) is 4.79 Å². The molecule has 1 heterocycles. The maximum atomic E-state index is 12.3. The van der Waals surface area contributed by atoms with E-state index in [4.69, 9.17) is 0 Å². The highest BCUT2D eigenvalue weighted by molar-refractivity contribution is 9.10. The third-order valence-electron chi connectivity index (χ3n) is 3.17. The molecular formula is C13H16BrNO. The van der Waals surface area contributed by atoms with Crippen LogP contribution < -0.4 is 0 Å². The summed E-state index contributed by atoms with van der Waals surface area (Å²) in [6, 6.07) is 6.26. The molecule has 0 aromatic heterocycles. The van der Waals surface area contributed by atoms with Crippen LogP contribution in [0, 0.1) is 6.92 Å². The van der Waals surface area contributed by atoms with E-state index in [0.717, 1.165) is 35.0 Å². The molecule has 0 aliphatic carbocycles. The molecule has 0 spiro atoms. The quantitative estimate of drug-likeness (QED) is 0.773. The Morgan fingerprint density at radius 2 is 2.25 bits per heavy atom. The third-order valence-corrected chi connectivity index (χ3v) is 3.82. The van der Waals surface area contributed by atoms with Crippen molar-refractivity contribution in [3.05, 3.63) is 33.8 Å². The fraction of sp³-hybridized carbons (Fsp3) is 0.462. The summed E-state index contributed by atoms with van der Waals surface area (Å²) in [6.45, 7) is 5.03. The molecule has 1 aliphatic rings. The van der Waals surface area contributed by atoms with Gasteiger partial charge in [0.1, 0.15) is 0 Å². The molecule has 1 saturated heterocycles. The van der Waals surface area contributed by atoms with Crippen LogP contribution in [0.1, 0.15) is 35.7 Å². The minimum atomic E-state index is 0.150. The number of hydrogen-bond donors (Lipinski definition) is 0. The average Bonchev–Trinajstić information content (AvgIpc) is 2.63. The zero-order valence-corrected chi connectivity index (χ0v) is 11.3. The van der Waals surface area contributed by atoms with E-state index in [0.29, 0.717) is 6.04 Å². The minimum absolute atomic E-state index is 0.150. The molecule has 16 heavy (non-hydrogen) atoms. The lowest BCUT2D eigenvalue weighted by Gasteiger charge is -2.22. The predicted molar refractivity (Wildman–Crippen MR) is 68.6 cm³/mol. The molecule has 1 unspecified atom stereocenters. The fourth-order valence-corrected chi connectivity index (χ4v) is 2.85. The lowest BCUT2D eigenvalue weighted by molar-refractivity contribution is 0.0746. The van der Waals surface area contributed by atoms with Gasteiger partial charge in [-0.25, -0.2) is 0 Å². The number of rotatable bonds is 1. The second kappa shape index (κ2) is 4.58. The lowest BCUT2D eigenvalue weighted by Crippen LogP contribution is -2.33. The van der Waals surface area contributed by atoms with Crippen LogP contribution in [0.5, 0.6) is 0 Å². The first-order valence-corrected chi connectivity index (χ1v) is 6.46. The van der Waals surface area contributed by atoms with Crippen molar-refractivity contribution in [3.8, 4) is 0 Å². The number of likely N-dealkylation sites (tertiary alicyclic amines) is 1. The summed E-state index contributed by atoms with van der Waals surface area (Å²) >= 11 is 3.47. The first kappa shape index (κ1) is 11.6. The van der Waals surface area contributed by atoms with Crippen LogP contribution in [0.2, 0.25) is 0 Å². The molecule has 1 aromatic rings. The highest BCUT2D eigenvalue weighted by atomic mass is 79.9. The highest BCUT2D eigenvalue weighted by Crippen LogP contribution is 2.24. The van der Waals surface area contributed by atoms with Crippen molar-refractivity contribution in [2.75, 3.05) is 6.54 Å². The molecule has 2 rings (SSSR count). The van der Waals surface area contributed by atoms with Crippen LogP contribution in [-0.4, -0.2) is 23.4 Å². The van der Waals surface area contributed by atoms with Gasteiger partial charge in [-0.2, -0.15) is 0 Å². The lowest BCUT2D eigenvalue weighted by atomic mass is 10.1. The minimum Gasteiger partial charge on any atom is -0.336 e. The monoisotopic (exact) mass is 281 g/mol. The van der Waals surface area contributed by atoms with Crippen molar-refractivity contribution in [2.45, 2.75) is 32.7 Å². The molecule has 2 nitrogen and oxygen atoms in total. The first-order chi connectivity index (χ1) is 7.59. The zero-order chi connectivity index (χ0) is 11.7. The van der Waals surface area contributed by atoms with E-state index in [2.05, 4.69) is 22.9 Å². The number of carbonyl (C=O) groups excluding carboxylic acids is 1. The van der Waals surface area contributed by atoms with Gasteiger partial charge >= 0.3 is 0 Å². The summed E-state index contributed by atoms with van der Waals surface area (Å²) in [5.74, 6) is 0.150. The number of aryl methyl sites for hydroxylation is 1.